The van der Waals surface area contributed by atoms with E-state index in [2.05, 4.69) is 42.9 Å². The number of nitrogen functional groups attached to an aromatic ring is 1. The number of nitrogens with zero attached hydrogens (tertiary/aromatic N) is 8. The second-order valence-corrected chi connectivity index (χ2v) is 14.1. The summed E-state index contributed by atoms with van der Waals surface area (Å²) in [4.78, 5) is 21.3. The van der Waals surface area contributed by atoms with Gasteiger partial charge in [0.05, 0.1) is 11.1 Å². The molecule has 13 heteroatoms. The Hall–Kier alpha value is -3.52. The topological polar surface area (TPSA) is 131 Å². The molecule has 3 fully saturated rings. The van der Waals surface area contributed by atoms with E-state index in [1.165, 1.54) is 16.2 Å². The van der Waals surface area contributed by atoms with Crippen LogP contribution in [0.5, 0.6) is 6.01 Å². The van der Waals surface area contributed by atoms with E-state index < -0.39 is 6.17 Å². The van der Waals surface area contributed by atoms with Gasteiger partial charge < -0.3 is 20.3 Å². The number of fused-ring (bicyclic) bond motifs is 3. The van der Waals surface area contributed by atoms with Gasteiger partial charge >= 0.3 is 6.01 Å². The van der Waals surface area contributed by atoms with Crippen molar-refractivity contribution in [2.45, 2.75) is 55.8 Å². The van der Waals surface area contributed by atoms with E-state index in [-0.39, 0.29) is 17.0 Å². The van der Waals surface area contributed by atoms with E-state index in [4.69, 9.17) is 20.4 Å². The van der Waals surface area contributed by atoms with E-state index >= 15 is 0 Å². The first kappa shape index (κ1) is 28.3. The van der Waals surface area contributed by atoms with E-state index in [0.717, 1.165) is 48.0 Å². The molecule has 0 bridgehead atoms. The molecule has 1 aliphatic carbocycles. The number of hydrogen-bond acceptors (Lipinski definition) is 11. The highest BCUT2D eigenvalue weighted by Crippen LogP contribution is 2.53. The van der Waals surface area contributed by atoms with Gasteiger partial charge in [0.1, 0.15) is 40.1 Å². The van der Waals surface area contributed by atoms with Crippen molar-refractivity contribution in [3.05, 3.63) is 50.1 Å². The lowest BCUT2D eigenvalue weighted by atomic mass is 9.74. The quantitative estimate of drug-likeness (QED) is 0.365. The summed E-state index contributed by atoms with van der Waals surface area (Å²) < 4.78 is 21.5. The van der Waals surface area contributed by atoms with Crippen molar-refractivity contribution in [2.24, 2.45) is 0 Å². The molecular weight excluding hydrogens is 633 g/mol. The number of ether oxygens (including phenoxy) is 1. The second-order valence-electron chi connectivity index (χ2n) is 12.2. The number of pyridine rings is 1. The average molecular weight is 665 g/mol. The Kier molecular flexibility index (Phi) is 6.95. The number of thiophene rings is 1. The number of nitrogens with two attached hydrogens (primary N) is 1. The van der Waals surface area contributed by atoms with Crippen molar-refractivity contribution < 1.29 is 9.13 Å². The number of rotatable bonds is 7. The predicted molar refractivity (Wildman–Crippen MR) is 165 cm³/mol. The van der Waals surface area contributed by atoms with Gasteiger partial charge in [-0.2, -0.15) is 20.5 Å². The largest absolute Gasteiger partial charge is 0.461 e. The normalized spacial score (nSPS) is 23.5. The first-order chi connectivity index (χ1) is 20.8. The van der Waals surface area contributed by atoms with Crippen LogP contribution in [-0.2, 0) is 18.4 Å². The summed E-state index contributed by atoms with van der Waals surface area (Å²) >= 11 is 5.04. The van der Waals surface area contributed by atoms with Crippen LogP contribution in [0.4, 0.5) is 21.0 Å². The van der Waals surface area contributed by atoms with Gasteiger partial charge in [-0.1, -0.05) is 6.07 Å². The second kappa shape index (κ2) is 10.6. The molecule has 0 saturated carbocycles. The maximum absolute atomic E-state index is 14.4. The Morgan fingerprint density at radius 3 is 2.84 bits per heavy atom. The van der Waals surface area contributed by atoms with Gasteiger partial charge in [-0.15, -0.1) is 11.3 Å². The lowest BCUT2D eigenvalue weighted by Crippen LogP contribution is -2.59. The minimum absolute atomic E-state index is 0.176. The molecule has 43 heavy (non-hydrogen) atoms. The van der Waals surface area contributed by atoms with Crippen LogP contribution in [0.2, 0.25) is 0 Å². The Morgan fingerprint density at radius 1 is 1.26 bits per heavy atom. The number of anilines is 3. The standard InChI is InChI=1S/C30H31BrFN9OS/c1-39(13-18-4-2-8-36-24(18)31)26-21(12-34)27(38-28(37-26)42-17-30-6-3-9-41(30)14-19(32)10-30)40-15-29(16-40)7-5-22-23(29)20(11-33)25(35)43-22/h2,4,8,19H,3,5-7,9-10,13-17,35H2,1H3/t19-,30+/m1/s1. The first-order valence-corrected chi connectivity index (χ1v) is 16.1. The molecule has 10 nitrogen and oxygen atoms in total. The monoisotopic (exact) mass is 663 g/mol. The molecule has 6 heterocycles. The summed E-state index contributed by atoms with van der Waals surface area (Å²) in [6.07, 6.45) is 5.01. The first-order valence-electron chi connectivity index (χ1n) is 14.5. The Morgan fingerprint density at radius 2 is 2.07 bits per heavy atom. The zero-order valence-electron chi connectivity index (χ0n) is 23.8. The summed E-state index contributed by atoms with van der Waals surface area (Å²) in [6, 6.07) is 8.70. The molecule has 0 aromatic carbocycles. The Bertz CT molecular complexity index is 1680. The fourth-order valence-corrected chi connectivity index (χ4v) is 9.09. The lowest BCUT2D eigenvalue weighted by molar-refractivity contribution is 0.107. The van der Waals surface area contributed by atoms with Crippen LogP contribution in [0.3, 0.4) is 0 Å². The SMILES string of the molecule is CN(Cc1cccnc1Br)c1nc(OC[C@@]23CCCN2C[C@H](F)C3)nc(N2CC3(CCc4sc(N)c(C#N)c43)C2)c1C#N. The smallest absolute Gasteiger partial charge is 0.320 e. The minimum atomic E-state index is -0.862. The molecule has 0 radical (unpaired) electrons. The Balaban J connectivity index is 1.22. The molecule has 0 amide bonds. The van der Waals surface area contributed by atoms with E-state index in [1.54, 1.807) is 6.20 Å². The third-order valence-electron chi connectivity index (χ3n) is 9.57. The summed E-state index contributed by atoms with van der Waals surface area (Å²) in [6.45, 7) is 3.29. The van der Waals surface area contributed by atoms with Crippen molar-refractivity contribution in [1.82, 2.24) is 19.9 Å². The molecule has 1 spiro atoms. The van der Waals surface area contributed by atoms with Gasteiger partial charge in [0.2, 0.25) is 0 Å². The molecule has 3 aromatic heterocycles. The molecule has 3 aliphatic heterocycles. The fourth-order valence-electron chi connectivity index (χ4n) is 7.58. The third-order valence-corrected chi connectivity index (χ3v) is 11.4. The van der Waals surface area contributed by atoms with E-state index in [0.29, 0.717) is 67.0 Å². The number of aryl methyl sites for hydroxylation is 1. The lowest BCUT2D eigenvalue weighted by Gasteiger charge is -2.49. The number of halogens is 2. The number of alkyl halides is 1. The van der Waals surface area contributed by atoms with Crippen molar-refractivity contribution >= 4 is 43.9 Å². The molecule has 3 saturated heterocycles. The maximum atomic E-state index is 14.4. The van der Waals surface area contributed by atoms with Crippen molar-refractivity contribution in [2.75, 3.05) is 55.4 Å². The minimum Gasteiger partial charge on any atom is -0.461 e. The van der Waals surface area contributed by atoms with Crippen LogP contribution in [0.1, 0.15) is 52.8 Å². The number of aromatic nitrogens is 3. The zero-order valence-corrected chi connectivity index (χ0v) is 26.2. The predicted octanol–water partition coefficient (Wildman–Crippen LogP) is 4.32. The van der Waals surface area contributed by atoms with Gasteiger partial charge in [-0.3, -0.25) is 4.90 Å². The van der Waals surface area contributed by atoms with E-state index in [9.17, 15) is 14.9 Å². The summed E-state index contributed by atoms with van der Waals surface area (Å²) in [5.74, 6) is 0.968. The molecule has 2 N–H and O–H groups in total. The molecule has 222 valence electrons. The van der Waals surface area contributed by atoms with Crippen molar-refractivity contribution in [3.8, 4) is 18.1 Å². The van der Waals surface area contributed by atoms with Gasteiger partial charge in [0.25, 0.3) is 0 Å². The molecule has 4 aliphatic rings. The van der Waals surface area contributed by atoms with Crippen molar-refractivity contribution in [3.63, 3.8) is 0 Å². The molecule has 7 rings (SSSR count). The average Bonchev–Trinajstić information content (AvgIpc) is 3.69. The van der Waals surface area contributed by atoms with Crippen LogP contribution in [0.25, 0.3) is 0 Å². The number of hydrogen-bond donors (Lipinski definition) is 1. The third kappa shape index (κ3) is 4.60. The zero-order chi connectivity index (χ0) is 29.9. The van der Waals surface area contributed by atoms with Crippen LogP contribution < -0.4 is 20.3 Å². The Labute approximate surface area is 262 Å². The fraction of sp³-hybridized carbons (Fsp3) is 0.500. The van der Waals surface area contributed by atoms with Crippen LogP contribution >= 0.6 is 27.3 Å². The van der Waals surface area contributed by atoms with E-state index in [1.807, 2.05) is 24.1 Å². The highest BCUT2D eigenvalue weighted by Gasteiger charge is 2.53. The maximum Gasteiger partial charge on any atom is 0.320 e. The molecule has 0 unspecified atom stereocenters. The highest BCUT2D eigenvalue weighted by molar-refractivity contribution is 9.10. The summed E-state index contributed by atoms with van der Waals surface area (Å²) in [5.41, 5.74) is 8.61. The van der Waals surface area contributed by atoms with Gasteiger partial charge in [-0.25, -0.2) is 9.37 Å². The van der Waals surface area contributed by atoms with Crippen LogP contribution in [0.15, 0.2) is 22.9 Å². The molecule has 2 atom stereocenters. The summed E-state index contributed by atoms with van der Waals surface area (Å²) in [7, 11) is 1.88. The van der Waals surface area contributed by atoms with Crippen LogP contribution in [-0.4, -0.2) is 71.4 Å². The van der Waals surface area contributed by atoms with Gasteiger partial charge in [0.15, 0.2) is 11.6 Å². The molecule has 3 aromatic rings. The highest BCUT2D eigenvalue weighted by atomic mass is 79.9. The van der Waals surface area contributed by atoms with Crippen molar-refractivity contribution in [1.29, 1.82) is 10.5 Å². The van der Waals surface area contributed by atoms with Gasteiger partial charge in [0, 0.05) is 61.7 Å². The summed E-state index contributed by atoms with van der Waals surface area (Å²) in [5, 5.41) is 20.8. The van der Waals surface area contributed by atoms with Gasteiger partial charge in [-0.05, 0) is 59.8 Å². The molecular formula is C30H31BrFN9OS. The number of nitriles is 2. The van der Waals surface area contributed by atoms with Crippen LogP contribution in [0, 0.1) is 22.7 Å².